The van der Waals surface area contributed by atoms with Crippen LogP contribution in [0.1, 0.15) is 12.8 Å². The third kappa shape index (κ3) is 2.42. The maximum atomic E-state index is 10.7. The standard InChI is InChI=1S/C8H13NO4/c10-7(11)5-2-1-3-9-4-6(5)8(12)13/h5-6,9H,1-4H2,(H,10,11)(H,12,13)/t5-,6-/m1/s1. The zero-order chi connectivity index (χ0) is 9.84. The lowest BCUT2D eigenvalue weighted by Crippen LogP contribution is -2.34. The quantitative estimate of drug-likeness (QED) is 0.556. The molecule has 1 fully saturated rings. The highest BCUT2D eigenvalue weighted by atomic mass is 16.4. The van der Waals surface area contributed by atoms with Crippen molar-refractivity contribution >= 4 is 11.9 Å². The molecule has 1 saturated heterocycles. The number of rotatable bonds is 2. The smallest absolute Gasteiger partial charge is 0.308 e. The van der Waals surface area contributed by atoms with Gasteiger partial charge in [0.25, 0.3) is 0 Å². The molecule has 5 heteroatoms. The number of carboxylic acids is 2. The summed E-state index contributed by atoms with van der Waals surface area (Å²) in [6, 6.07) is 0. The highest BCUT2D eigenvalue weighted by Crippen LogP contribution is 2.20. The zero-order valence-electron chi connectivity index (χ0n) is 7.19. The molecule has 13 heavy (non-hydrogen) atoms. The molecule has 3 N–H and O–H groups in total. The second-order valence-electron chi connectivity index (χ2n) is 3.24. The lowest BCUT2D eigenvalue weighted by Gasteiger charge is -2.16. The van der Waals surface area contributed by atoms with E-state index in [4.69, 9.17) is 10.2 Å². The van der Waals surface area contributed by atoms with Crippen molar-refractivity contribution in [1.29, 1.82) is 0 Å². The molecule has 0 aromatic heterocycles. The van der Waals surface area contributed by atoms with Crippen LogP contribution in [0.5, 0.6) is 0 Å². The summed E-state index contributed by atoms with van der Waals surface area (Å²) in [5.74, 6) is -3.56. The Hall–Kier alpha value is -1.10. The molecular weight excluding hydrogens is 174 g/mol. The van der Waals surface area contributed by atoms with Crippen molar-refractivity contribution in [3.63, 3.8) is 0 Å². The van der Waals surface area contributed by atoms with Gasteiger partial charge in [-0.1, -0.05) is 0 Å². The summed E-state index contributed by atoms with van der Waals surface area (Å²) < 4.78 is 0. The van der Waals surface area contributed by atoms with Crippen molar-refractivity contribution < 1.29 is 19.8 Å². The molecule has 0 radical (unpaired) electrons. The highest BCUT2D eigenvalue weighted by molar-refractivity contribution is 5.80. The first-order valence-corrected chi connectivity index (χ1v) is 4.29. The lowest BCUT2D eigenvalue weighted by molar-refractivity contribution is -0.153. The molecule has 1 aliphatic heterocycles. The van der Waals surface area contributed by atoms with E-state index >= 15 is 0 Å². The highest BCUT2D eigenvalue weighted by Gasteiger charge is 2.34. The van der Waals surface area contributed by atoms with Crippen LogP contribution in [-0.2, 0) is 9.59 Å². The van der Waals surface area contributed by atoms with Crippen molar-refractivity contribution in [1.82, 2.24) is 5.32 Å². The van der Waals surface area contributed by atoms with Crippen molar-refractivity contribution in [2.24, 2.45) is 11.8 Å². The van der Waals surface area contributed by atoms with Crippen LogP contribution in [0.25, 0.3) is 0 Å². The Balaban J connectivity index is 2.72. The molecule has 2 atom stereocenters. The molecule has 0 bridgehead atoms. The maximum absolute atomic E-state index is 10.7. The van der Waals surface area contributed by atoms with Crippen LogP contribution in [-0.4, -0.2) is 35.2 Å². The average Bonchev–Trinajstić information content (AvgIpc) is 2.27. The van der Waals surface area contributed by atoms with Crippen molar-refractivity contribution in [3.05, 3.63) is 0 Å². The van der Waals surface area contributed by atoms with E-state index in [1.165, 1.54) is 0 Å². The van der Waals surface area contributed by atoms with Gasteiger partial charge in [0.1, 0.15) is 0 Å². The second-order valence-corrected chi connectivity index (χ2v) is 3.24. The van der Waals surface area contributed by atoms with Gasteiger partial charge >= 0.3 is 11.9 Å². The minimum Gasteiger partial charge on any atom is -0.481 e. The van der Waals surface area contributed by atoms with E-state index in [1.807, 2.05) is 0 Å². The van der Waals surface area contributed by atoms with Crippen LogP contribution >= 0.6 is 0 Å². The first kappa shape index (κ1) is 9.98. The Kier molecular flexibility index (Phi) is 3.25. The molecule has 0 saturated carbocycles. The van der Waals surface area contributed by atoms with Gasteiger partial charge < -0.3 is 15.5 Å². The van der Waals surface area contributed by atoms with Crippen LogP contribution in [0.3, 0.4) is 0 Å². The summed E-state index contributed by atoms with van der Waals surface area (Å²) in [5.41, 5.74) is 0. The Labute approximate surface area is 75.7 Å². The van der Waals surface area contributed by atoms with Gasteiger partial charge in [0.2, 0.25) is 0 Å². The van der Waals surface area contributed by atoms with Gasteiger partial charge in [0, 0.05) is 6.54 Å². The lowest BCUT2D eigenvalue weighted by atomic mass is 9.89. The van der Waals surface area contributed by atoms with Gasteiger partial charge in [-0.15, -0.1) is 0 Å². The van der Waals surface area contributed by atoms with Gasteiger partial charge in [0.05, 0.1) is 11.8 Å². The fraction of sp³-hybridized carbons (Fsp3) is 0.750. The third-order valence-electron chi connectivity index (χ3n) is 2.35. The molecule has 0 aromatic rings. The molecule has 74 valence electrons. The fourth-order valence-electron chi connectivity index (χ4n) is 1.60. The van der Waals surface area contributed by atoms with E-state index in [9.17, 15) is 9.59 Å². The van der Waals surface area contributed by atoms with Crippen LogP contribution in [0.2, 0.25) is 0 Å². The molecule has 0 spiro atoms. The van der Waals surface area contributed by atoms with Crippen molar-refractivity contribution in [2.75, 3.05) is 13.1 Å². The first-order chi connectivity index (χ1) is 6.13. The minimum atomic E-state index is -1.03. The van der Waals surface area contributed by atoms with Crippen molar-refractivity contribution in [3.8, 4) is 0 Å². The average molecular weight is 187 g/mol. The van der Waals surface area contributed by atoms with E-state index in [0.29, 0.717) is 13.0 Å². The Bertz CT molecular complexity index is 194. The second kappa shape index (κ2) is 4.23. The van der Waals surface area contributed by atoms with E-state index in [2.05, 4.69) is 5.32 Å². The monoisotopic (exact) mass is 187 g/mol. The van der Waals surface area contributed by atoms with Gasteiger partial charge in [-0.3, -0.25) is 9.59 Å². The maximum Gasteiger partial charge on any atom is 0.308 e. The molecular formula is C8H13NO4. The topological polar surface area (TPSA) is 86.6 Å². The van der Waals surface area contributed by atoms with Crippen LogP contribution in [0, 0.1) is 11.8 Å². The van der Waals surface area contributed by atoms with Gasteiger partial charge in [0.15, 0.2) is 0 Å². The number of carboxylic acid groups (broad SMARTS) is 2. The molecule has 0 aliphatic carbocycles. The minimum absolute atomic E-state index is 0.256. The van der Waals surface area contributed by atoms with E-state index < -0.39 is 23.8 Å². The predicted molar refractivity (Wildman–Crippen MR) is 44.4 cm³/mol. The summed E-state index contributed by atoms with van der Waals surface area (Å²) in [6.07, 6.45) is 1.17. The molecule has 1 rings (SSSR count). The molecule has 1 heterocycles. The Morgan fingerprint density at radius 2 is 1.77 bits per heavy atom. The number of aliphatic carboxylic acids is 2. The van der Waals surface area contributed by atoms with E-state index in [1.54, 1.807) is 0 Å². The van der Waals surface area contributed by atoms with Crippen LogP contribution in [0.15, 0.2) is 0 Å². The largest absolute Gasteiger partial charge is 0.481 e. The summed E-state index contributed by atoms with van der Waals surface area (Å²) in [6.45, 7) is 0.958. The van der Waals surface area contributed by atoms with Crippen LogP contribution in [0.4, 0.5) is 0 Å². The summed E-state index contributed by atoms with van der Waals surface area (Å²) >= 11 is 0. The normalized spacial score (nSPS) is 29.2. The Morgan fingerprint density at radius 3 is 2.31 bits per heavy atom. The molecule has 0 unspecified atom stereocenters. The zero-order valence-corrected chi connectivity index (χ0v) is 7.19. The third-order valence-corrected chi connectivity index (χ3v) is 2.35. The van der Waals surface area contributed by atoms with E-state index in [0.717, 1.165) is 6.42 Å². The summed E-state index contributed by atoms with van der Waals surface area (Å²) in [7, 11) is 0. The fourth-order valence-corrected chi connectivity index (χ4v) is 1.60. The number of carbonyl (C=O) groups is 2. The molecule has 1 aliphatic rings. The summed E-state index contributed by atoms with van der Waals surface area (Å²) in [4.78, 5) is 21.4. The Morgan fingerprint density at radius 1 is 1.15 bits per heavy atom. The van der Waals surface area contributed by atoms with Crippen LogP contribution < -0.4 is 5.32 Å². The van der Waals surface area contributed by atoms with Gasteiger partial charge in [-0.2, -0.15) is 0 Å². The SMILES string of the molecule is O=C(O)[C@@H]1CCCNC[C@H]1C(=O)O. The molecule has 0 amide bonds. The van der Waals surface area contributed by atoms with E-state index in [-0.39, 0.29) is 6.54 Å². The van der Waals surface area contributed by atoms with Crippen molar-refractivity contribution in [2.45, 2.75) is 12.8 Å². The number of hydrogen-bond donors (Lipinski definition) is 3. The molecule has 0 aromatic carbocycles. The van der Waals surface area contributed by atoms with Gasteiger partial charge in [-0.25, -0.2) is 0 Å². The number of hydrogen-bond acceptors (Lipinski definition) is 3. The first-order valence-electron chi connectivity index (χ1n) is 4.29. The van der Waals surface area contributed by atoms with Gasteiger partial charge in [-0.05, 0) is 19.4 Å². The number of nitrogens with one attached hydrogen (secondary N) is 1. The molecule has 5 nitrogen and oxygen atoms in total. The summed E-state index contributed by atoms with van der Waals surface area (Å²) in [5, 5.41) is 20.5. The predicted octanol–water partition coefficient (Wildman–Crippen LogP) is -0.229.